The van der Waals surface area contributed by atoms with E-state index in [1.54, 1.807) is 0 Å². The summed E-state index contributed by atoms with van der Waals surface area (Å²) in [5.41, 5.74) is 17.7. The molecule has 4 nitrogen and oxygen atoms in total. The van der Waals surface area contributed by atoms with Gasteiger partial charge in [-0.25, -0.2) is 4.99 Å². The van der Waals surface area contributed by atoms with Crippen LogP contribution in [0.5, 0.6) is 0 Å². The lowest BCUT2D eigenvalue weighted by molar-refractivity contribution is 0.669. The van der Waals surface area contributed by atoms with Crippen molar-refractivity contribution in [1.82, 2.24) is 0 Å². The Morgan fingerprint density at radius 2 is 1.18 bits per heavy atom. The van der Waals surface area contributed by atoms with E-state index in [-0.39, 0.29) is 5.84 Å². The lowest BCUT2D eigenvalue weighted by atomic mass is 9.95. The van der Waals surface area contributed by atoms with Crippen LogP contribution < -0.4 is 5.73 Å². The second-order valence-corrected chi connectivity index (χ2v) is 14.8. The maximum absolute atomic E-state index is 7.92. The quantitative estimate of drug-likeness (QED) is 0.136. The average molecular weight is 756 g/mol. The molecule has 5 heteroatoms. The molecule has 0 saturated heterocycles. The number of para-hydroxylation sites is 1. The highest BCUT2D eigenvalue weighted by Gasteiger charge is 2.13. The van der Waals surface area contributed by atoms with Gasteiger partial charge in [-0.05, 0) is 94.5 Å². The van der Waals surface area contributed by atoms with Crippen molar-refractivity contribution in [3.8, 4) is 33.4 Å². The van der Waals surface area contributed by atoms with Crippen LogP contribution in [0.4, 0.5) is 0 Å². The molecular formula is C52H41N3OS. The van der Waals surface area contributed by atoms with Gasteiger partial charge in [0.2, 0.25) is 0 Å². The Hall–Kier alpha value is -6.92. The van der Waals surface area contributed by atoms with Crippen molar-refractivity contribution in [3.05, 3.63) is 205 Å². The Bertz CT molecular complexity index is 2980. The molecular weight excluding hydrogens is 715 g/mol. The molecule has 276 valence electrons. The number of thiophene rings is 1. The van der Waals surface area contributed by atoms with Crippen LogP contribution in [0.1, 0.15) is 16.7 Å². The lowest BCUT2D eigenvalue weighted by Gasteiger charge is -2.08. The molecule has 2 aromatic heterocycles. The fraction of sp³-hybridized carbons (Fsp3) is 0.0385. The van der Waals surface area contributed by atoms with Crippen molar-refractivity contribution in [2.75, 3.05) is 0 Å². The van der Waals surface area contributed by atoms with Gasteiger partial charge in [0.1, 0.15) is 11.2 Å². The van der Waals surface area contributed by atoms with E-state index < -0.39 is 0 Å². The molecule has 0 amide bonds. The molecule has 0 aliphatic carbocycles. The Morgan fingerprint density at radius 3 is 1.91 bits per heavy atom. The molecule has 0 radical (unpaired) electrons. The summed E-state index contributed by atoms with van der Waals surface area (Å²) in [6, 6.07) is 64.9. The van der Waals surface area contributed by atoms with E-state index in [0.717, 1.165) is 22.3 Å². The largest absolute Gasteiger partial charge is 0.456 e. The van der Waals surface area contributed by atoms with Gasteiger partial charge in [0.05, 0.1) is 0 Å². The molecule has 0 bridgehead atoms. The zero-order valence-corrected chi connectivity index (χ0v) is 32.5. The first-order chi connectivity index (χ1) is 28.0. The maximum Gasteiger partial charge on any atom is 0.151 e. The summed E-state index contributed by atoms with van der Waals surface area (Å²) >= 11 is 1.83. The Kier molecular flexibility index (Phi) is 10.9. The molecule has 0 saturated carbocycles. The highest BCUT2D eigenvalue weighted by atomic mass is 32.1. The van der Waals surface area contributed by atoms with Crippen molar-refractivity contribution in [2.24, 2.45) is 10.7 Å². The van der Waals surface area contributed by atoms with Crippen LogP contribution in [0.3, 0.4) is 0 Å². The maximum atomic E-state index is 7.92. The van der Waals surface area contributed by atoms with Gasteiger partial charge in [-0.15, -0.1) is 11.3 Å². The number of hydrogen-bond acceptors (Lipinski definition) is 4. The molecule has 0 aliphatic rings. The first-order valence-electron chi connectivity index (χ1n) is 18.9. The second-order valence-electron chi connectivity index (χ2n) is 13.8. The minimum absolute atomic E-state index is 0.193. The fourth-order valence-corrected chi connectivity index (χ4v) is 8.33. The van der Waals surface area contributed by atoms with Crippen LogP contribution in [0.15, 0.2) is 197 Å². The van der Waals surface area contributed by atoms with E-state index >= 15 is 0 Å². The molecule has 0 unspecified atom stereocenters. The molecule has 57 heavy (non-hydrogen) atoms. The smallest absolute Gasteiger partial charge is 0.151 e. The van der Waals surface area contributed by atoms with Crippen molar-refractivity contribution in [3.63, 3.8) is 0 Å². The van der Waals surface area contributed by atoms with Crippen molar-refractivity contribution >= 4 is 66.0 Å². The third-order valence-electron chi connectivity index (χ3n) is 10.1. The van der Waals surface area contributed by atoms with Gasteiger partial charge in [0, 0.05) is 43.1 Å². The van der Waals surface area contributed by atoms with Crippen LogP contribution in [0, 0.1) is 12.3 Å². The average Bonchev–Trinajstić information content (AvgIpc) is 3.86. The lowest BCUT2D eigenvalue weighted by Crippen LogP contribution is -1.94. The second kappa shape index (κ2) is 16.8. The number of fused-ring (bicyclic) bond motifs is 6. The number of benzene rings is 8. The molecule has 8 aromatic carbocycles. The number of rotatable bonds is 5. The molecule has 3 N–H and O–H groups in total. The third kappa shape index (κ3) is 7.94. The highest BCUT2D eigenvalue weighted by molar-refractivity contribution is 7.26. The summed E-state index contributed by atoms with van der Waals surface area (Å²) in [7, 11) is 0. The summed E-state index contributed by atoms with van der Waals surface area (Å²) in [5.74, 6) is 0.193. The van der Waals surface area contributed by atoms with Crippen molar-refractivity contribution in [2.45, 2.75) is 13.5 Å². The SMILES string of the molecule is C=NC(=N)c1ccc(-c2cccc3sc4ccc(-c5cccc(-c6ccccc6)c5)cc4c23)cc1.Cc1cccc2oc3ccccc3c12.NCc1ccccc1. The van der Waals surface area contributed by atoms with Gasteiger partial charge in [-0.1, -0.05) is 152 Å². The number of furan rings is 1. The highest BCUT2D eigenvalue weighted by Crippen LogP contribution is 2.42. The van der Waals surface area contributed by atoms with E-state index in [4.69, 9.17) is 15.6 Å². The van der Waals surface area contributed by atoms with Crippen LogP contribution >= 0.6 is 11.3 Å². The van der Waals surface area contributed by atoms with E-state index in [1.165, 1.54) is 69.9 Å². The predicted molar refractivity (Wildman–Crippen MR) is 245 cm³/mol. The standard InChI is InChI=1S/C32H22N2S.C13H10O.C7H9N/c1-34-32(33)23-15-13-22(14-16-23)27-11-6-12-30-31(27)28-20-26(17-18-29(28)35-30)25-10-5-9-24(19-25)21-7-3-2-4-8-21;1-9-5-4-8-12-13(9)10-6-2-3-7-11(10)14-12;8-6-7-4-2-1-3-5-7/h2-20,33H,1H2;2-8H,1H3;1-5H,6,8H2. The van der Waals surface area contributed by atoms with Crippen LogP contribution in [0.2, 0.25) is 0 Å². The van der Waals surface area contributed by atoms with Gasteiger partial charge in [-0.2, -0.15) is 0 Å². The number of nitrogens with two attached hydrogens (primary N) is 1. The van der Waals surface area contributed by atoms with E-state index in [9.17, 15) is 0 Å². The number of aryl methyl sites for hydroxylation is 1. The Balaban J connectivity index is 0.000000167. The van der Waals surface area contributed by atoms with Gasteiger partial charge in [0.15, 0.2) is 5.84 Å². The number of nitrogens with one attached hydrogen (secondary N) is 1. The summed E-state index contributed by atoms with van der Waals surface area (Å²) in [5, 5.41) is 12.9. The molecule has 0 atom stereocenters. The number of aliphatic imine (C=N–C) groups is 1. The van der Waals surface area contributed by atoms with Crippen molar-refractivity contribution in [1.29, 1.82) is 5.41 Å². The molecule has 2 heterocycles. The molecule has 0 aliphatic heterocycles. The zero-order chi connectivity index (χ0) is 39.1. The number of hydrogen-bond donors (Lipinski definition) is 2. The topological polar surface area (TPSA) is 75.4 Å². The first kappa shape index (κ1) is 37.0. The van der Waals surface area contributed by atoms with E-state index in [2.05, 4.69) is 134 Å². The number of nitrogens with zero attached hydrogens (tertiary/aromatic N) is 1. The monoisotopic (exact) mass is 755 g/mol. The minimum Gasteiger partial charge on any atom is -0.456 e. The Labute approximate surface area is 336 Å². The predicted octanol–water partition coefficient (Wildman–Crippen LogP) is 14.1. The molecule has 0 fully saturated rings. The Morgan fingerprint density at radius 1 is 0.561 bits per heavy atom. The van der Waals surface area contributed by atoms with Gasteiger partial charge in [0.25, 0.3) is 0 Å². The third-order valence-corrected chi connectivity index (χ3v) is 11.3. The molecule has 10 rings (SSSR count). The summed E-state index contributed by atoms with van der Waals surface area (Å²) in [6.45, 7) is 6.22. The first-order valence-corrected chi connectivity index (χ1v) is 19.7. The van der Waals surface area contributed by atoms with Crippen LogP contribution in [-0.4, -0.2) is 12.6 Å². The van der Waals surface area contributed by atoms with Crippen molar-refractivity contribution < 1.29 is 4.42 Å². The summed E-state index contributed by atoms with van der Waals surface area (Å²) in [4.78, 5) is 3.74. The number of amidine groups is 1. The van der Waals surface area contributed by atoms with E-state index in [0.29, 0.717) is 6.54 Å². The summed E-state index contributed by atoms with van der Waals surface area (Å²) < 4.78 is 8.29. The van der Waals surface area contributed by atoms with Gasteiger partial charge < -0.3 is 10.2 Å². The fourth-order valence-electron chi connectivity index (χ4n) is 7.22. The molecule has 10 aromatic rings. The summed E-state index contributed by atoms with van der Waals surface area (Å²) in [6.07, 6.45) is 0. The zero-order valence-electron chi connectivity index (χ0n) is 31.7. The van der Waals surface area contributed by atoms with Crippen LogP contribution in [0.25, 0.3) is 75.5 Å². The minimum atomic E-state index is 0.193. The van der Waals surface area contributed by atoms with Gasteiger partial charge >= 0.3 is 0 Å². The molecule has 0 spiro atoms. The van der Waals surface area contributed by atoms with E-state index in [1.807, 2.05) is 84.1 Å². The van der Waals surface area contributed by atoms with Gasteiger partial charge in [-0.3, -0.25) is 5.41 Å². The normalized spacial score (nSPS) is 10.8. The van der Waals surface area contributed by atoms with Crippen LogP contribution in [-0.2, 0) is 6.54 Å².